The summed E-state index contributed by atoms with van der Waals surface area (Å²) < 4.78 is 16.4. The second-order valence-electron chi connectivity index (χ2n) is 6.45. The van der Waals surface area contributed by atoms with Crippen LogP contribution < -0.4 is 20.1 Å². The van der Waals surface area contributed by atoms with Crippen molar-refractivity contribution in [3.05, 3.63) is 48.2 Å². The fourth-order valence-corrected chi connectivity index (χ4v) is 2.48. The maximum absolute atomic E-state index is 5.75. The normalized spacial score (nSPS) is 10.8. The van der Waals surface area contributed by atoms with Gasteiger partial charge >= 0.3 is 0 Å². The third-order valence-corrected chi connectivity index (χ3v) is 4.16. The summed E-state index contributed by atoms with van der Waals surface area (Å²) in [6, 6.07) is 11.2. The number of methoxy groups -OCH3 is 1. The standard InChI is InChI=1S/C22H32N4O3.HI/c1-4-5-14-28-15-6-13-24-22(23-2)26-17-18-7-12-21(25-16-18)29-20-10-8-19(27-3)9-11-20;/h7-12,16H,4-6,13-15,17H2,1-3H3,(H2,23,24,26);1H. The van der Waals surface area contributed by atoms with Gasteiger partial charge in [-0.3, -0.25) is 4.99 Å². The molecule has 0 spiro atoms. The van der Waals surface area contributed by atoms with Gasteiger partial charge in [-0.15, -0.1) is 24.0 Å². The lowest BCUT2D eigenvalue weighted by Crippen LogP contribution is -2.37. The van der Waals surface area contributed by atoms with Gasteiger partial charge in [0, 0.05) is 45.6 Å². The molecule has 8 heteroatoms. The number of hydrogen-bond acceptors (Lipinski definition) is 5. The van der Waals surface area contributed by atoms with Crippen LogP contribution in [0.2, 0.25) is 0 Å². The minimum absolute atomic E-state index is 0. The number of benzene rings is 1. The molecule has 0 radical (unpaired) electrons. The second kappa shape index (κ2) is 15.7. The van der Waals surface area contributed by atoms with Crippen molar-refractivity contribution in [2.75, 3.05) is 33.9 Å². The Morgan fingerprint density at radius 2 is 1.73 bits per heavy atom. The Bertz CT molecular complexity index is 724. The van der Waals surface area contributed by atoms with Crippen molar-refractivity contribution in [3.8, 4) is 17.4 Å². The van der Waals surface area contributed by atoms with E-state index in [4.69, 9.17) is 14.2 Å². The molecule has 0 saturated heterocycles. The number of ether oxygens (including phenoxy) is 3. The molecule has 0 unspecified atom stereocenters. The molecule has 1 aromatic heterocycles. The molecule has 7 nitrogen and oxygen atoms in total. The molecule has 2 rings (SSSR count). The summed E-state index contributed by atoms with van der Waals surface area (Å²) in [5.41, 5.74) is 1.04. The van der Waals surface area contributed by atoms with Gasteiger partial charge in [-0.25, -0.2) is 4.98 Å². The van der Waals surface area contributed by atoms with Crippen LogP contribution in [0.1, 0.15) is 31.7 Å². The van der Waals surface area contributed by atoms with Gasteiger partial charge in [0.1, 0.15) is 11.5 Å². The summed E-state index contributed by atoms with van der Waals surface area (Å²) in [5, 5.41) is 6.57. The van der Waals surface area contributed by atoms with Crippen LogP contribution in [0.4, 0.5) is 0 Å². The zero-order chi connectivity index (χ0) is 20.7. The van der Waals surface area contributed by atoms with Crippen LogP contribution in [0, 0.1) is 0 Å². The van der Waals surface area contributed by atoms with Crippen molar-refractivity contribution in [1.29, 1.82) is 0 Å². The molecule has 0 atom stereocenters. The van der Waals surface area contributed by atoms with Crippen LogP contribution in [0.5, 0.6) is 17.4 Å². The highest BCUT2D eigenvalue weighted by molar-refractivity contribution is 14.0. The lowest BCUT2D eigenvalue weighted by atomic mass is 10.3. The van der Waals surface area contributed by atoms with E-state index in [1.54, 1.807) is 20.4 Å². The molecular formula is C22H33IN4O3. The van der Waals surface area contributed by atoms with E-state index in [2.05, 4.69) is 27.5 Å². The number of aliphatic imine (C=N–C) groups is 1. The lowest BCUT2D eigenvalue weighted by molar-refractivity contribution is 0.129. The SMILES string of the molecule is CCCCOCCCNC(=NC)NCc1ccc(Oc2ccc(OC)cc2)nc1.I. The minimum Gasteiger partial charge on any atom is -0.497 e. The number of nitrogens with zero attached hydrogens (tertiary/aromatic N) is 2. The number of unbranched alkanes of at least 4 members (excludes halogenated alkanes) is 1. The molecule has 0 saturated carbocycles. The van der Waals surface area contributed by atoms with Gasteiger partial charge in [0.25, 0.3) is 0 Å². The highest BCUT2D eigenvalue weighted by Gasteiger charge is 2.02. The van der Waals surface area contributed by atoms with Crippen LogP contribution in [-0.2, 0) is 11.3 Å². The number of rotatable bonds is 12. The predicted molar refractivity (Wildman–Crippen MR) is 131 cm³/mol. The largest absolute Gasteiger partial charge is 0.497 e. The van der Waals surface area contributed by atoms with E-state index in [1.807, 2.05) is 36.4 Å². The number of aromatic nitrogens is 1. The van der Waals surface area contributed by atoms with Crippen molar-refractivity contribution in [3.63, 3.8) is 0 Å². The maximum atomic E-state index is 5.75. The van der Waals surface area contributed by atoms with Gasteiger partial charge in [0.15, 0.2) is 5.96 Å². The Kier molecular flexibility index (Phi) is 13.6. The summed E-state index contributed by atoms with van der Waals surface area (Å²) >= 11 is 0. The molecule has 0 amide bonds. The third-order valence-electron chi connectivity index (χ3n) is 4.16. The Labute approximate surface area is 196 Å². The first-order chi connectivity index (χ1) is 14.2. The van der Waals surface area contributed by atoms with Gasteiger partial charge in [0.2, 0.25) is 5.88 Å². The molecule has 0 aliphatic heterocycles. The molecule has 0 bridgehead atoms. The molecule has 0 aliphatic rings. The van der Waals surface area contributed by atoms with E-state index in [9.17, 15) is 0 Å². The molecule has 2 aromatic rings. The fraction of sp³-hybridized carbons (Fsp3) is 0.455. The highest BCUT2D eigenvalue weighted by Crippen LogP contribution is 2.22. The number of nitrogens with one attached hydrogen (secondary N) is 2. The van der Waals surface area contributed by atoms with E-state index in [0.717, 1.165) is 56.3 Å². The molecular weight excluding hydrogens is 495 g/mol. The van der Waals surface area contributed by atoms with Crippen LogP contribution in [0.15, 0.2) is 47.6 Å². The summed E-state index contributed by atoms with van der Waals surface area (Å²) in [6.07, 6.45) is 5.02. The van der Waals surface area contributed by atoms with Crippen LogP contribution in [-0.4, -0.2) is 44.9 Å². The minimum atomic E-state index is 0. The Morgan fingerprint density at radius 3 is 2.37 bits per heavy atom. The molecule has 30 heavy (non-hydrogen) atoms. The summed E-state index contributed by atoms with van der Waals surface area (Å²) in [5.74, 6) is 2.81. The van der Waals surface area contributed by atoms with Crippen LogP contribution >= 0.6 is 24.0 Å². The molecule has 1 heterocycles. The van der Waals surface area contributed by atoms with Crippen molar-refractivity contribution in [1.82, 2.24) is 15.6 Å². The van der Waals surface area contributed by atoms with Crippen molar-refractivity contribution in [2.45, 2.75) is 32.7 Å². The molecule has 0 fully saturated rings. The number of pyridine rings is 1. The first kappa shape index (κ1) is 26.0. The van der Waals surface area contributed by atoms with Gasteiger partial charge in [-0.1, -0.05) is 19.4 Å². The Hall–Kier alpha value is -2.07. The topological polar surface area (TPSA) is 77.0 Å². The summed E-state index contributed by atoms with van der Waals surface area (Å²) in [6.45, 7) is 5.22. The first-order valence-electron chi connectivity index (χ1n) is 10.0. The van der Waals surface area contributed by atoms with Crippen molar-refractivity contribution in [2.24, 2.45) is 4.99 Å². The zero-order valence-corrected chi connectivity index (χ0v) is 20.3. The number of guanidine groups is 1. The Balaban J connectivity index is 0.00000450. The van der Waals surface area contributed by atoms with E-state index in [1.165, 1.54) is 0 Å². The smallest absolute Gasteiger partial charge is 0.219 e. The summed E-state index contributed by atoms with van der Waals surface area (Å²) in [4.78, 5) is 8.60. The predicted octanol–water partition coefficient (Wildman–Crippen LogP) is 4.37. The van der Waals surface area contributed by atoms with Crippen molar-refractivity contribution < 1.29 is 14.2 Å². The van der Waals surface area contributed by atoms with E-state index in [0.29, 0.717) is 18.2 Å². The van der Waals surface area contributed by atoms with Crippen molar-refractivity contribution >= 4 is 29.9 Å². The van der Waals surface area contributed by atoms with E-state index in [-0.39, 0.29) is 24.0 Å². The molecule has 1 aromatic carbocycles. The zero-order valence-electron chi connectivity index (χ0n) is 18.0. The van der Waals surface area contributed by atoms with Crippen LogP contribution in [0.3, 0.4) is 0 Å². The quantitative estimate of drug-likeness (QED) is 0.185. The number of hydrogen-bond donors (Lipinski definition) is 2. The monoisotopic (exact) mass is 528 g/mol. The van der Waals surface area contributed by atoms with E-state index >= 15 is 0 Å². The molecule has 0 aliphatic carbocycles. The van der Waals surface area contributed by atoms with Gasteiger partial charge in [-0.05, 0) is 42.7 Å². The third kappa shape index (κ3) is 10.1. The molecule has 166 valence electrons. The average molecular weight is 528 g/mol. The summed E-state index contributed by atoms with van der Waals surface area (Å²) in [7, 11) is 3.40. The van der Waals surface area contributed by atoms with Gasteiger partial charge in [-0.2, -0.15) is 0 Å². The average Bonchev–Trinajstić information content (AvgIpc) is 2.76. The first-order valence-corrected chi connectivity index (χ1v) is 10.0. The van der Waals surface area contributed by atoms with Gasteiger partial charge < -0.3 is 24.8 Å². The maximum Gasteiger partial charge on any atom is 0.219 e. The van der Waals surface area contributed by atoms with Gasteiger partial charge in [0.05, 0.1) is 7.11 Å². The Morgan fingerprint density at radius 1 is 1.00 bits per heavy atom. The van der Waals surface area contributed by atoms with Crippen LogP contribution in [0.25, 0.3) is 0 Å². The lowest BCUT2D eigenvalue weighted by Gasteiger charge is -2.12. The fourth-order valence-electron chi connectivity index (χ4n) is 2.48. The van der Waals surface area contributed by atoms with E-state index < -0.39 is 0 Å². The second-order valence-corrected chi connectivity index (χ2v) is 6.45. The molecule has 2 N–H and O–H groups in total. The number of halogens is 1. The highest BCUT2D eigenvalue weighted by atomic mass is 127.